The van der Waals surface area contributed by atoms with Crippen molar-refractivity contribution in [2.45, 2.75) is 12.8 Å². The lowest BCUT2D eigenvalue weighted by Crippen LogP contribution is -2.44. The van der Waals surface area contributed by atoms with Crippen LogP contribution in [-0.4, -0.2) is 47.0 Å². The number of rotatable bonds is 5. The molecule has 7 heteroatoms. The molecular weight excluding hydrogens is 368 g/mol. The number of nitrogens with one attached hydrogen (secondary N) is 1. The van der Waals surface area contributed by atoms with Gasteiger partial charge < -0.3 is 14.7 Å². The molecule has 29 heavy (non-hydrogen) atoms. The van der Waals surface area contributed by atoms with Gasteiger partial charge in [0.25, 0.3) is 5.91 Å². The van der Waals surface area contributed by atoms with E-state index in [1.54, 1.807) is 36.5 Å². The van der Waals surface area contributed by atoms with Gasteiger partial charge in [-0.15, -0.1) is 0 Å². The summed E-state index contributed by atoms with van der Waals surface area (Å²) in [7, 11) is 1.62. The van der Waals surface area contributed by atoms with E-state index >= 15 is 0 Å². The number of hydrogen-bond donors (Lipinski definition) is 1. The summed E-state index contributed by atoms with van der Waals surface area (Å²) in [6.07, 6.45) is 4.13. The van der Waals surface area contributed by atoms with E-state index in [1.165, 1.54) is 0 Å². The Labute approximate surface area is 168 Å². The molecule has 0 radical (unpaired) electrons. The molecule has 4 rings (SSSR count). The number of benzene rings is 1. The van der Waals surface area contributed by atoms with Crippen LogP contribution in [0.25, 0.3) is 11.3 Å². The summed E-state index contributed by atoms with van der Waals surface area (Å²) in [6.45, 7) is 0.837. The molecule has 1 saturated heterocycles. The van der Waals surface area contributed by atoms with Gasteiger partial charge in [0.05, 0.1) is 5.41 Å². The van der Waals surface area contributed by atoms with Gasteiger partial charge in [-0.05, 0) is 18.6 Å². The van der Waals surface area contributed by atoms with E-state index in [-0.39, 0.29) is 11.8 Å². The Bertz CT molecular complexity index is 1000. The Balaban J connectivity index is 1.55. The van der Waals surface area contributed by atoms with Crippen LogP contribution in [0.1, 0.15) is 22.5 Å². The second-order valence-electron chi connectivity index (χ2n) is 7.29. The minimum absolute atomic E-state index is 0.0966. The number of likely N-dealkylation sites (tertiary alicyclic amines) is 1. The van der Waals surface area contributed by atoms with Crippen LogP contribution in [0.15, 0.2) is 65.4 Å². The SMILES string of the molecule is CNC(=O)[C@@]1(Cc2cc(-c3ccccc3)no2)CCN(C(=O)c2ccncc2)C1. The zero-order chi connectivity index (χ0) is 20.3. The minimum atomic E-state index is -0.745. The van der Waals surface area contributed by atoms with E-state index in [1.807, 2.05) is 36.4 Å². The standard InChI is InChI=1S/C22H22N4O3/c1-23-21(28)22(9-12-26(15-22)20(27)17-7-10-24-11-8-17)14-18-13-19(25-29-18)16-5-3-2-4-6-16/h2-8,10-11,13H,9,12,14-15H2,1H3,(H,23,28)/t22-/m1/s1. The normalized spacial score (nSPS) is 18.6. The molecule has 3 aromatic rings. The summed E-state index contributed by atoms with van der Waals surface area (Å²) in [4.78, 5) is 31.3. The molecule has 1 N–H and O–H groups in total. The monoisotopic (exact) mass is 390 g/mol. The quantitative estimate of drug-likeness (QED) is 0.723. The first-order valence-electron chi connectivity index (χ1n) is 9.54. The molecular formula is C22H22N4O3. The van der Waals surface area contributed by atoms with Crippen molar-refractivity contribution in [3.8, 4) is 11.3 Å². The summed E-state index contributed by atoms with van der Waals surface area (Å²) in [5.41, 5.74) is 1.51. The summed E-state index contributed by atoms with van der Waals surface area (Å²) >= 11 is 0. The number of aromatic nitrogens is 2. The first kappa shape index (κ1) is 18.9. The average molecular weight is 390 g/mol. The number of nitrogens with zero attached hydrogens (tertiary/aromatic N) is 3. The van der Waals surface area contributed by atoms with Gasteiger partial charge >= 0.3 is 0 Å². The van der Waals surface area contributed by atoms with E-state index in [0.29, 0.717) is 37.3 Å². The Hall–Kier alpha value is -3.48. The van der Waals surface area contributed by atoms with Crippen LogP contribution in [0, 0.1) is 5.41 Å². The van der Waals surface area contributed by atoms with Crippen molar-refractivity contribution in [2.75, 3.05) is 20.1 Å². The molecule has 1 aromatic carbocycles. The van der Waals surface area contributed by atoms with Crippen LogP contribution in [0.3, 0.4) is 0 Å². The molecule has 1 fully saturated rings. The third kappa shape index (κ3) is 3.76. The third-order valence-electron chi connectivity index (χ3n) is 5.42. The molecule has 7 nitrogen and oxygen atoms in total. The fourth-order valence-electron chi connectivity index (χ4n) is 3.87. The van der Waals surface area contributed by atoms with Gasteiger partial charge in [0, 0.05) is 56.1 Å². The van der Waals surface area contributed by atoms with Gasteiger partial charge in [0.1, 0.15) is 11.5 Å². The minimum Gasteiger partial charge on any atom is -0.361 e. The molecule has 3 heterocycles. The molecule has 0 unspecified atom stereocenters. The van der Waals surface area contributed by atoms with Crippen LogP contribution in [0.2, 0.25) is 0 Å². The smallest absolute Gasteiger partial charge is 0.253 e. The molecule has 0 aliphatic carbocycles. The van der Waals surface area contributed by atoms with Gasteiger partial charge in [0.2, 0.25) is 5.91 Å². The van der Waals surface area contributed by atoms with Gasteiger partial charge in [-0.25, -0.2) is 0 Å². The maximum atomic E-state index is 12.8. The van der Waals surface area contributed by atoms with E-state index in [4.69, 9.17) is 4.52 Å². The van der Waals surface area contributed by atoms with Crippen molar-refractivity contribution in [1.29, 1.82) is 0 Å². The lowest BCUT2D eigenvalue weighted by atomic mass is 9.81. The maximum absolute atomic E-state index is 12.8. The van der Waals surface area contributed by atoms with E-state index in [9.17, 15) is 9.59 Å². The van der Waals surface area contributed by atoms with Crippen molar-refractivity contribution >= 4 is 11.8 Å². The zero-order valence-electron chi connectivity index (χ0n) is 16.2. The zero-order valence-corrected chi connectivity index (χ0v) is 16.2. The van der Waals surface area contributed by atoms with Crippen LogP contribution in [0.4, 0.5) is 0 Å². The Kier molecular flexibility index (Phi) is 5.12. The molecule has 2 aromatic heterocycles. The number of hydrogen-bond acceptors (Lipinski definition) is 5. The summed E-state index contributed by atoms with van der Waals surface area (Å²) in [6, 6.07) is 15.0. The lowest BCUT2D eigenvalue weighted by Gasteiger charge is -2.26. The number of carbonyl (C=O) groups is 2. The Morgan fingerprint density at radius 2 is 1.93 bits per heavy atom. The van der Waals surface area contributed by atoms with E-state index in [2.05, 4.69) is 15.5 Å². The molecule has 2 amide bonds. The van der Waals surface area contributed by atoms with Crippen LogP contribution < -0.4 is 5.32 Å². The van der Waals surface area contributed by atoms with Crippen molar-refractivity contribution in [1.82, 2.24) is 20.4 Å². The highest BCUT2D eigenvalue weighted by molar-refractivity contribution is 5.95. The molecule has 0 saturated carbocycles. The maximum Gasteiger partial charge on any atom is 0.253 e. The van der Waals surface area contributed by atoms with Crippen molar-refractivity contribution in [3.63, 3.8) is 0 Å². The predicted molar refractivity (Wildman–Crippen MR) is 107 cm³/mol. The number of carbonyl (C=O) groups excluding carboxylic acids is 2. The fraction of sp³-hybridized carbons (Fsp3) is 0.273. The second kappa shape index (κ2) is 7.87. The number of amides is 2. The molecule has 1 aliphatic heterocycles. The fourth-order valence-corrected chi connectivity index (χ4v) is 3.87. The lowest BCUT2D eigenvalue weighted by molar-refractivity contribution is -0.130. The average Bonchev–Trinajstić information content (AvgIpc) is 3.42. The van der Waals surface area contributed by atoms with Gasteiger partial charge in [-0.3, -0.25) is 14.6 Å². The van der Waals surface area contributed by atoms with Crippen molar-refractivity contribution in [3.05, 3.63) is 72.2 Å². The predicted octanol–water partition coefficient (Wildman–Crippen LogP) is 2.56. The molecule has 1 atom stereocenters. The van der Waals surface area contributed by atoms with Crippen LogP contribution in [0.5, 0.6) is 0 Å². The van der Waals surface area contributed by atoms with E-state index < -0.39 is 5.41 Å². The first-order valence-corrected chi connectivity index (χ1v) is 9.54. The third-order valence-corrected chi connectivity index (χ3v) is 5.42. The number of pyridine rings is 1. The summed E-state index contributed by atoms with van der Waals surface area (Å²) in [5, 5.41) is 6.91. The summed E-state index contributed by atoms with van der Waals surface area (Å²) < 4.78 is 5.54. The largest absolute Gasteiger partial charge is 0.361 e. The molecule has 148 valence electrons. The molecule has 1 aliphatic rings. The van der Waals surface area contributed by atoms with Crippen LogP contribution >= 0.6 is 0 Å². The van der Waals surface area contributed by atoms with E-state index in [0.717, 1.165) is 11.3 Å². The van der Waals surface area contributed by atoms with Gasteiger partial charge in [0.15, 0.2) is 0 Å². The second-order valence-corrected chi connectivity index (χ2v) is 7.29. The summed E-state index contributed by atoms with van der Waals surface area (Å²) in [5.74, 6) is 0.437. The topological polar surface area (TPSA) is 88.3 Å². The first-order chi connectivity index (χ1) is 14.1. The van der Waals surface area contributed by atoms with Crippen molar-refractivity contribution in [2.24, 2.45) is 5.41 Å². The van der Waals surface area contributed by atoms with Gasteiger partial charge in [-0.1, -0.05) is 35.5 Å². The highest BCUT2D eigenvalue weighted by Gasteiger charge is 2.46. The van der Waals surface area contributed by atoms with Crippen molar-refractivity contribution < 1.29 is 14.1 Å². The van der Waals surface area contributed by atoms with Crippen LogP contribution in [-0.2, 0) is 11.2 Å². The Morgan fingerprint density at radius 1 is 1.17 bits per heavy atom. The highest BCUT2D eigenvalue weighted by atomic mass is 16.5. The van der Waals surface area contributed by atoms with Gasteiger partial charge in [-0.2, -0.15) is 0 Å². The highest BCUT2D eigenvalue weighted by Crippen LogP contribution is 2.36. The molecule has 0 spiro atoms. The molecule has 0 bridgehead atoms. The Morgan fingerprint density at radius 3 is 2.66 bits per heavy atom.